The number of benzene rings is 2. The molecule has 0 saturated heterocycles. The molecule has 0 aromatic heterocycles. The Morgan fingerprint density at radius 1 is 1.30 bits per heavy atom. The van der Waals surface area contributed by atoms with E-state index in [-0.39, 0.29) is 17.5 Å². The number of carbonyl (C=O) groups excluding carboxylic acids is 2. The lowest BCUT2D eigenvalue weighted by atomic mass is 10.00. The van der Waals surface area contributed by atoms with Crippen LogP contribution in [-0.2, 0) is 0 Å². The highest BCUT2D eigenvalue weighted by molar-refractivity contribution is 5.95. The van der Waals surface area contributed by atoms with Crippen LogP contribution < -0.4 is 5.32 Å². The van der Waals surface area contributed by atoms with Crippen molar-refractivity contribution in [2.75, 3.05) is 0 Å². The summed E-state index contributed by atoms with van der Waals surface area (Å²) in [5.41, 5.74) is 1.32. The van der Waals surface area contributed by atoms with E-state index in [1.807, 2.05) is 13.8 Å². The SMILES string of the molecule is CCC(C)NC(=O)c1cccc(-c2cc(F)c(O)c(C=O)c2)c1. The van der Waals surface area contributed by atoms with Gasteiger partial charge in [-0.15, -0.1) is 0 Å². The van der Waals surface area contributed by atoms with Crippen LogP contribution in [-0.4, -0.2) is 23.3 Å². The summed E-state index contributed by atoms with van der Waals surface area (Å²) in [5.74, 6) is -1.76. The van der Waals surface area contributed by atoms with Crippen molar-refractivity contribution in [2.45, 2.75) is 26.3 Å². The van der Waals surface area contributed by atoms with Gasteiger partial charge in [0.2, 0.25) is 0 Å². The van der Waals surface area contributed by atoms with E-state index in [4.69, 9.17) is 0 Å². The van der Waals surface area contributed by atoms with E-state index in [0.717, 1.165) is 12.5 Å². The number of phenols is 1. The molecule has 0 fully saturated rings. The average Bonchev–Trinajstić information content (AvgIpc) is 2.57. The van der Waals surface area contributed by atoms with Crippen LogP contribution >= 0.6 is 0 Å². The average molecular weight is 315 g/mol. The van der Waals surface area contributed by atoms with Crippen molar-refractivity contribution >= 4 is 12.2 Å². The molecule has 0 aliphatic heterocycles. The number of halogens is 1. The van der Waals surface area contributed by atoms with E-state index in [2.05, 4.69) is 5.32 Å². The second-order valence-corrected chi connectivity index (χ2v) is 5.38. The first-order valence-corrected chi connectivity index (χ1v) is 7.35. The fraction of sp³-hybridized carbons (Fsp3) is 0.222. The molecule has 0 aliphatic carbocycles. The van der Waals surface area contributed by atoms with Crippen molar-refractivity contribution in [2.24, 2.45) is 0 Å². The molecule has 0 bridgehead atoms. The molecule has 2 aromatic rings. The Labute approximate surface area is 134 Å². The normalized spacial score (nSPS) is 11.8. The summed E-state index contributed by atoms with van der Waals surface area (Å²) in [7, 11) is 0. The van der Waals surface area contributed by atoms with Crippen molar-refractivity contribution < 1.29 is 19.1 Å². The molecular weight excluding hydrogens is 297 g/mol. The van der Waals surface area contributed by atoms with Crippen LogP contribution in [0.4, 0.5) is 4.39 Å². The van der Waals surface area contributed by atoms with Crippen molar-refractivity contribution in [3.8, 4) is 16.9 Å². The van der Waals surface area contributed by atoms with Crippen molar-refractivity contribution in [1.82, 2.24) is 5.32 Å². The number of hydrogen-bond acceptors (Lipinski definition) is 3. The van der Waals surface area contributed by atoms with Gasteiger partial charge in [-0.3, -0.25) is 9.59 Å². The number of carbonyl (C=O) groups is 2. The van der Waals surface area contributed by atoms with Crippen LogP contribution in [0.2, 0.25) is 0 Å². The van der Waals surface area contributed by atoms with Gasteiger partial charge in [-0.25, -0.2) is 4.39 Å². The van der Waals surface area contributed by atoms with Gasteiger partial charge in [0.05, 0.1) is 5.56 Å². The lowest BCUT2D eigenvalue weighted by Crippen LogP contribution is -2.31. The van der Waals surface area contributed by atoms with E-state index < -0.39 is 11.6 Å². The zero-order valence-electron chi connectivity index (χ0n) is 13.0. The second-order valence-electron chi connectivity index (χ2n) is 5.38. The molecule has 1 amide bonds. The zero-order chi connectivity index (χ0) is 17.0. The minimum absolute atomic E-state index is 0.0546. The topological polar surface area (TPSA) is 66.4 Å². The molecule has 5 heteroatoms. The molecule has 2 aromatic carbocycles. The highest BCUT2D eigenvalue weighted by Crippen LogP contribution is 2.28. The van der Waals surface area contributed by atoms with Crippen LogP contribution in [0, 0.1) is 5.82 Å². The van der Waals surface area contributed by atoms with Crippen LogP contribution in [0.15, 0.2) is 36.4 Å². The Bertz CT molecular complexity index is 743. The predicted octanol–water partition coefficient (Wildman–Crippen LogP) is 3.54. The molecule has 4 nitrogen and oxygen atoms in total. The number of phenolic OH excluding ortho intramolecular Hbond substituents is 1. The van der Waals surface area contributed by atoms with Gasteiger partial charge in [-0.1, -0.05) is 19.1 Å². The first-order chi connectivity index (χ1) is 11.0. The molecule has 0 spiro atoms. The number of rotatable bonds is 5. The lowest BCUT2D eigenvalue weighted by molar-refractivity contribution is 0.0939. The molecule has 1 atom stereocenters. The highest BCUT2D eigenvalue weighted by Gasteiger charge is 2.13. The van der Waals surface area contributed by atoms with Crippen molar-refractivity contribution in [3.63, 3.8) is 0 Å². The maximum absolute atomic E-state index is 13.7. The van der Waals surface area contributed by atoms with Gasteiger partial charge in [-0.2, -0.15) is 0 Å². The Morgan fingerprint density at radius 3 is 2.70 bits per heavy atom. The maximum atomic E-state index is 13.7. The largest absolute Gasteiger partial charge is 0.504 e. The van der Waals surface area contributed by atoms with Gasteiger partial charge in [0, 0.05) is 11.6 Å². The third kappa shape index (κ3) is 3.74. The Hall–Kier alpha value is -2.69. The molecule has 0 aliphatic rings. The second kappa shape index (κ2) is 7.05. The molecular formula is C18H18FNO3. The predicted molar refractivity (Wildman–Crippen MR) is 86.1 cm³/mol. The van der Waals surface area contributed by atoms with E-state index in [0.29, 0.717) is 23.0 Å². The van der Waals surface area contributed by atoms with Gasteiger partial charge < -0.3 is 10.4 Å². The Morgan fingerprint density at radius 2 is 2.04 bits per heavy atom. The molecule has 2 rings (SSSR count). The molecule has 2 N–H and O–H groups in total. The smallest absolute Gasteiger partial charge is 0.251 e. The fourth-order valence-electron chi connectivity index (χ4n) is 2.13. The molecule has 0 saturated carbocycles. The summed E-state index contributed by atoms with van der Waals surface area (Å²) in [6.07, 6.45) is 1.21. The number of amides is 1. The maximum Gasteiger partial charge on any atom is 0.251 e. The molecule has 120 valence electrons. The van der Waals surface area contributed by atoms with Crippen molar-refractivity contribution in [1.29, 1.82) is 0 Å². The number of aromatic hydroxyl groups is 1. The summed E-state index contributed by atoms with van der Waals surface area (Å²) in [6, 6.07) is 9.26. The molecule has 0 heterocycles. The quantitative estimate of drug-likeness (QED) is 0.829. The van der Waals surface area contributed by atoms with Gasteiger partial charge >= 0.3 is 0 Å². The first kappa shape index (κ1) is 16.7. The third-order valence-corrected chi connectivity index (χ3v) is 3.67. The van der Waals surface area contributed by atoms with Gasteiger partial charge in [0.15, 0.2) is 17.9 Å². The minimum atomic E-state index is -0.876. The number of nitrogens with one attached hydrogen (secondary N) is 1. The van der Waals surface area contributed by atoms with Crippen LogP contribution in [0.25, 0.3) is 11.1 Å². The molecule has 1 unspecified atom stereocenters. The van der Waals surface area contributed by atoms with Gasteiger partial charge in [0.1, 0.15) is 0 Å². The van der Waals surface area contributed by atoms with Gasteiger partial charge in [-0.05, 0) is 48.7 Å². The monoisotopic (exact) mass is 315 g/mol. The molecule has 0 radical (unpaired) electrons. The van der Waals surface area contributed by atoms with Crippen LogP contribution in [0.1, 0.15) is 41.0 Å². The highest BCUT2D eigenvalue weighted by atomic mass is 19.1. The first-order valence-electron chi connectivity index (χ1n) is 7.35. The van der Waals surface area contributed by atoms with E-state index >= 15 is 0 Å². The van der Waals surface area contributed by atoms with E-state index in [1.54, 1.807) is 24.3 Å². The molecule has 23 heavy (non-hydrogen) atoms. The lowest BCUT2D eigenvalue weighted by Gasteiger charge is -2.12. The van der Waals surface area contributed by atoms with E-state index in [1.165, 1.54) is 6.07 Å². The number of aldehydes is 1. The van der Waals surface area contributed by atoms with Gasteiger partial charge in [0.25, 0.3) is 5.91 Å². The van der Waals surface area contributed by atoms with Crippen LogP contribution in [0.5, 0.6) is 5.75 Å². The summed E-state index contributed by atoms with van der Waals surface area (Å²) >= 11 is 0. The van der Waals surface area contributed by atoms with Crippen LogP contribution in [0.3, 0.4) is 0 Å². The summed E-state index contributed by atoms with van der Waals surface area (Å²) in [4.78, 5) is 23.1. The minimum Gasteiger partial charge on any atom is -0.504 e. The summed E-state index contributed by atoms with van der Waals surface area (Å²) in [6.45, 7) is 3.88. The summed E-state index contributed by atoms with van der Waals surface area (Å²) in [5, 5.41) is 12.3. The zero-order valence-corrected chi connectivity index (χ0v) is 13.0. The number of hydrogen-bond donors (Lipinski definition) is 2. The summed E-state index contributed by atoms with van der Waals surface area (Å²) < 4.78 is 13.7. The fourth-order valence-corrected chi connectivity index (χ4v) is 2.13. The third-order valence-electron chi connectivity index (χ3n) is 3.67. The van der Waals surface area contributed by atoms with E-state index in [9.17, 15) is 19.1 Å². The standard InChI is InChI=1S/C18H18FNO3/c1-3-11(2)20-18(23)13-6-4-5-12(7-13)14-8-15(10-21)17(22)16(19)9-14/h4-11,22H,3H2,1-2H3,(H,20,23). The Kier molecular flexibility index (Phi) is 5.11. The van der Waals surface area contributed by atoms with Crippen molar-refractivity contribution in [3.05, 3.63) is 53.3 Å². The Balaban J connectivity index is 2.39.